The van der Waals surface area contributed by atoms with E-state index in [1.165, 1.54) is 0 Å². The van der Waals surface area contributed by atoms with Crippen molar-refractivity contribution >= 4 is 28.9 Å². The Morgan fingerprint density at radius 3 is 2.44 bits per heavy atom. The van der Waals surface area contributed by atoms with Gasteiger partial charge in [0, 0.05) is 12.2 Å². The van der Waals surface area contributed by atoms with Gasteiger partial charge in [0.1, 0.15) is 5.75 Å². The van der Waals surface area contributed by atoms with Crippen LogP contribution in [0.1, 0.15) is 37.0 Å². The summed E-state index contributed by atoms with van der Waals surface area (Å²) in [5.74, 6) is 0.325. The van der Waals surface area contributed by atoms with Crippen molar-refractivity contribution in [2.45, 2.75) is 26.7 Å². The number of anilines is 1. The molecule has 2 aromatic carbocycles. The van der Waals surface area contributed by atoms with Gasteiger partial charge in [0.15, 0.2) is 5.11 Å². The molecule has 2 rings (SSSR count). The lowest BCUT2D eigenvalue weighted by Crippen LogP contribution is -2.42. The number of amides is 1. The fraction of sp³-hybridized carbons (Fsp3) is 0.300. The molecule has 5 heteroatoms. The Morgan fingerprint density at radius 2 is 1.76 bits per heavy atom. The molecule has 0 heterocycles. The summed E-state index contributed by atoms with van der Waals surface area (Å²) in [5, 5.41) is 3.19. The molecule has 132 valence electrons. The zero-order valence-corrected chi connectivity index (χ0v) is 15.5. The molecule has 1 N–H and O–H groups in total. The predicted molar refractivity (Wildman–Crippen MR) is 106 cm³/mol. The molecule has 0 saturated carbocycles. The number of thiocarbonyl (C=S) groups is 1. The summed E-state index contributed by atoms with van der Waals surface area (Å²) in [5.41, 5.74) is 1.44. The van der Waals surface area contributed by atoms with Crippen LogP contribution in [0.3, 0.4) is 0 Å². The fourth-order valence-corrected chi connectivity index (χ4v) is 2.72. The van der Waals surface area contributed by atoms with E-state index in [2.05, 4.69) is 12.2 Å². The van der Waals surface area contributed by atoms with Crippen molar-refractivity contribution in [3.63, 3.8) is 0 Å². The van der Waals surface area contributed by atoms with E-state index in [-0.39, 0.29) is 5.91 Å². The monoisotopic (exact) mass is 356 g/mol. The van der Waals surface area contributed by atoms with E-state index in [9.17, 15) is 4.79 Å². The highest BCUT2D eigenvalue weighted by molar-refractivity contribution is 7.80. The summed E-state index contributed by atoms with van der Waals surface area (Å²) < 4.78 is 5.73. The van der Waals surface area contributed by atoms with Gasteiger partial charge in [-0.3, -0.25) is 10.1 Å². The Bertz CT molecular complexity index is 704. The maximum Gasteiger partial charge on any atom is 0.261 e. The lowest BCUT2D eigenvalue weighted by atomic mass is 10.2. The van der Waals surface area contributed by atoms with Crippen molar-refractivity contribution in [2.24, 2.45) is 0 Å². The predicted octanol–water partition coefficient (Wildman–Crippen LogP) is 4.41. The van der Waals surface area contributed by atoms with Crippen LogP contribution in [-0.4, -0.2) is 24.2 Å². The lowest BCUT2D eigenvalue weighted by molar-refractivity contribution is 0.0973. The molecular weight excluding hydrogens is 332 g/mol. The third-order valence-electron chi connectivity index (χ3n) is 3.74. The van der Waals surface area contributed by atoms with Crippen LogP contribution in [0.5, 0.6) is 5.75 Å². The second-order valence-corrected chi connectivity index (χ2v) is 5.92. The molecule has 0 atom stereocenters. The normalized spacial score (nSPS) is 10.2. The van der Waals surface area contributed by atoms with Crippen LogP contribution in [0, 0.1) is 0 Å². The molecule has 0 saturated heterocycles. The first-order valence-corrected chi connectivity index (χ1v) is 8.97. The second kappa shape index (κ2) is 9.79. The number of benzene rings is 2. The molecule has 25 heavy (non-hydrogen) atoms. The van der Waals surface area contributed by atoms with Crippen LogP contribution in [0.4, 0.5) is 5.69 Å². The number of para-hydroxylation sites is 2. The summed E-state index contributed by atoms with van der Waals surface area (Å²) in [6, 6.07) is 17.0. The van der Waals surface area contributed by atoms with Gasteiger partial charge >= 0.3 is 0 Å². The number of carbonyl (C=O) groups is 1. The van der Waals surface area contributed by atoms with E-state index in [4.69, 9.17) is 17.0 Å². The van der Waals surface area contributed by atoms with E-state index >= 15 is 0 Å². The molecule has 0 bridgehead atoms. The highest BCUT2D eigenvalue weighted by Crippen LogP contribution is 2.19. The van der Waals surface area contributed by atoms with Crippen LogP contribution in [-0.2, 0) is 0 Å². The molecule has 4 nitrogen and oxygen atoms in total. The molecule has 0 radical (unpaired) electrons. The number of unbranched alkanes of at least 4 members (excludes halogenated alkanes) is 1. The highest BCUT2D eigenvalue weighted by atomic mass is 32.1. The molecule has 0 aliphatic rings. The molecule has 2 aromatic rings. The molecule has 0 aliphatic carbocycles. The minimum Gasteiger partial charge on any atom is -0.493 e. The highest BCUT2D eigenvalue weighted by Gasteiger charge is 2.17. The Labute approximate surface area is 154 Å². The number of carbonyl (C=O) groups excluding carboxylic acids is 1. The zero-order valence-electron chi connectivity index (χ0n) is 14.7. The number of rotatable bonds is 7. The van der Waals surface area contributed by atoms with Crippen LogP contribution < -0.4 is 15.0 Å². The average molecular weight is 356 g/mol. The first kappa shape index (κ1) is 18.9. The van der Waals surface area contributed by atoms with Crippen molar-refractivity contribution in [2.75, 3.05) is 18.1 Å². The standard InChI is InChI=1S/C20H24N2O2S/c1-3-5-15-24-18-14-10-9-13-17(18)19(23)21-20(25)22(4-2)16-11-7-6-8-12-16/h6-14H,3-5,15H2,1-2H3,(H,21,23,25). The summed E-state index contributed by atoms with van der Waals surface area (Å²) >= 11 is 5.44. The first-order chi connectivity index (χ1) is 12.2. The van der Waals surface area contributed by atoms with E-state index in [1.54, 1.807) is 6.07 Å². The molecule has 0 aromatic heterocycles. The Morgan fingerprint density at radius 1 is 1.08 bits per heavy atom. The van der Waals surface area contributed by atoms with E-state index in [0.29, 0.717) is 29.6 Å². The maximum atomic E-state index is 12.7. The SMILES string of the molecule is CCCCOc1ccccc1C(=O)NC(=S)N(CC)c1ccccc1. The van der Waals surface area contributed by atoms with Crippen LogP contribution in [0.25, 0.3) is 0 Å². The van der Waals surface area contributed by atoms with E-state index in [0.717, 1.165) is 18.5 Å². The molecule has 0 unspecified atom stereocenters. The quantitative estimate of drug-likeness (QED) is 0.589. The smallest absolute Gasteiger partial charge is 0.261 e. The van der Waals surface area contributed by atoms with Gasteiger partial charge in [-0.2, -0.15) is 0 Å². The average Bonchev–Trinajstić information content (AvgIpc) is 2.64. The summed E-state index contributed by atoms with van der Waals surface area (Å²) in [4.78, 5) is 14.5. The first-order valence-electron chi connectivity index (χ1n) is 8.57. The topological polar surface area (TPSA) is 41.6 Å². The summed E-state index contributed by atoms with van der Waals surface area (Å²) in [7, 11) is 0. The summed E-state index contributed by atoms with van der Waals surface area (Å²) in [6.45, 7) is 5.35. The van der Waals surface area contributed by atoms with Crippen LogP contribution >= 0.6 is 12.2 Å². The molecule has 0 fully saturated rings. The van der Waals surface area contributed by atoms with Gasteiger partial charge in [0.25, 0.3) is 5.91 Å². The van der Waals surface area contributed by atoms with Gasteiger partial charge in [-0.15, -0.1) is 0 Å². The van der Waals surface area contributed by atoms with Crippen molar-refractivity contribution in [1.29, 1.82) is 0 Å². The summed E-state index contributed by atoms with van der Waals surface area (Å²) in [6.07, 6.45) is 1.99. The minimum atomic E-state index is -0.258. The van der Waals surface area contributed by atoms with Crippen molar-refractivity contribution in [3.8, 4) is 5.75 Å². The van der Waals surface area contributed by atoms with Gasteiger partial charge in [-0.25, -0.2) is 0 Å². The Balaban J connectivity index is 2.09. The third kappa shape index (κ3) is 5.29. The Hall–Kier alpha value is -2.40. The van der Waals surface area contributed by atoms with E-state index in [1.807, 2.05) is 60.4 Å². The van der Waals surface area contributed by atoms with Gasteiger partial charge < -0.3 is 9.64 Å². The molecule has 0 spiro atoms. The maximum absolute atomic E-state index is 12.7. The van der Waals surface area contributed by atoms with Crippen LogP contribution in [0.2, 0.25) is 0 Å². The number of nitrogens with one attached hydrogen (secondary N) is 1. The molecule has 1 amide bonds. The third-order valence-corrected chi connectivity index (χ3v) is 4.06. The minimum absolute atomic E-state index is 0.258. The van der Waals surface area contributed by atoms with Crippen molar-refractivity contribution < 1.29 is 9.53 Å². The lowest BCUT2D eigenvalue weighted by Gasteiger charge is -2.24. The second-order valence-electron chi connectivity index (χ2n) is 5.54. The van der Waals surface area contributed by atoms with Crippen molar-refractivity contribution in [1.82, 2.24) is 5.32 Å². The fourth-order valence-electron chi connectivity index (χ4n) is 2.39. The largest absolute Gasteiger partial charge is 0.493 e. The van der Waals surface area contributed by atoms with Crippen LogP contribution in [0.15, 0.2) is 54.6 Å². The van der Waals surface area contributed by atoms with E-state index < -0.39 is 0 Å². The number of ether oxygens (including phenoxy) is 1. The van der Waals surface area contributed by atoms with Gasteiger partial charge in [0.05, 0.1) is 12.2 Å². The van der Waals surface area contributed by atoms with Gasteiger partial charge in [-0.1, -0.05) is 43.7 Å². The Kier molecular flexibility index (Phi) is 7.41. The van der Waals surface area contributed by atoms with Crippen molar-refractivity contribution in [3.05, 3.63) is 60.2 Å². The number of nitrogens with zero attached hydrogens (tertiary/aromatic N) is 1. The number of hydrogen-bond donors (Lipinski definition) is 1. The molecular formula is C20H24N2O2S. The number of hydrogen-bond acceptors (Lipinski definition) is 3. The van der Waals surface area contributed by atoms with Gasteiger partial charge in [-0.05, 0) is 49.8 Å². The molecule has 0 aliphatic heterocycles. The zero-order chi connectivity index (χ0) is 18.1. The van der Waals surface area contributed by atoms with Gasteiger partial charge in [0.2, 0.25) is 0 Å².